The van der Waals surface area contributed by atoms with E-state index in [1.54, 1.807) is 0 Å². The summed E-state index contributed by atoms with van der Waals surface area (Å²) in [6.07, 6.45) is -4.60. The number of nitrogens with one attached hydrogen (secondary N) is 1. The molecule has 0 aromatic heterocycles. The Bertz CT molecular complexity index is 814. The summed E-state index contributed by atoms with van der Waals surface area (Å²) in [5, 5.41) is 10.9. The van der Waals surface area contributed by atoms with Gasteiger partial charge in [0.15, 0.2) is 0 Å². The molecular formula is C16H23ClF3N3O4S. The molecule has 0 saturated heterocycles. The van der Waals surface area contributed by atoms with Gasteiger partial charge in [-0.1, -0.05) is 11.6 Å². The first-order valence-electron chi connectivity index (χ1n) is 8.12. The van der Waals surface area contributed by atoms with Crippen molar-refractivity contribution in [1.29, 1.82) is 0 Å². The molecular weight excluding hydrogens is 423 g/mol. The molecule has 1 aromatic carbocycles. The van der Waals surface area contributed by atoms with Gasteiger partial charge in [0.05, 0.1) is 15.6 Å². The molecule has 0 fully saturated rings. The molecule has 0 aliphatic carbocycles. The summed E-state index contributed by atoms with van der Waals surface area (Å²) in [4.78, 5) is 13.5. The predicted octanol–water partition coefficient (Wildman–Crippen LogP) is 2.16. The number of benzene rings is 1. The number of sulfonamides is 1. The van der Waals surface area contributed by atoms with Crippen molar-refractivity contribution in [3.63, 3.8) is 0 Å². The van der Waals surface area contributed by atoms with Crippen LogP contribution in [0.3, 0.4) is 0 Å². The van der Waals surface area contributed by atoms with Crippen LogP contribution in [0.1, 0.15) is 13.3 Å². The van der Waals surface area contributed by atoms with Crippen molar-refractivity contribution >= 4 is 33.2 Å². The number of amides is 1. The van der Waals surface area contributed by atoms with Gasteiger partial charge in [0, 0.05) is 13.6 Å². The minimum Gasteiger partial charge on any atom is -0.373 e. The summed E-state index contributed by atoms with van der Waals surface area (Å²) >= 11 is 5.93. The van der Waals surface area contributed by atoms with Crippen LogP contribution < -0.4 is 5.32 Å². The number of aliphatic hydroxyl groups is 1. The van der Waals surface area contributed by atoms with Crippen LogP contribution in [0.15, 0.2) is 23.1 Å². The van der Waals surface area contributed by atoms with E-state index < -0.39 is 27.7 Å². The molecule has 0 unspecified atom stereocenters. The fourth-order valence-electron chi connectivity index (χ4n) is 2.04. The predicted molar refractivity (Wildman–Crippen MR) is 99.7 cm³/mol. The lowest BCUT2D eigenvalue weighted by Gasteiger charge is -2.25. The van der Waals surface area contributed by atoms with E-state index >= 15 is 0 Å². The summed E-state index contributed by atoms with van der Waals surface area (Å²) in [5.74, 6) is -1.74. The van der Waals surface area contributed by atoms with Gasteiger partial charge >= 0.3 is 6.18 Å². The Kier molecular flexibility index (Phi) is 7.88. The molecule has 0 spiro atoms. The summed E-state index contributed by atoms with van der Waals surface area (Å²) in [6.45, 7) is 1.24. The molecule has 0 saturated carbocycles. The lowest BCUT2D eigenvalue weighted by atomic mass is 10.1. The van der Waals surface area contributed by atoms with Crippen LogP contribution in [0.25, 0.3) is 0 Å². The normalized spacial score (nSPS) is 15.0. The van der Waals surface area contributed by atoms with E-state index in [0.29, 0.717) is 19.9 Å². The fourth-order valence-corrected chi connectivity index (χ4v) is 3.57. The average Bonchev–Trinajstić information content (AvgIpc) is 2.54. The van der Waals surface area contributed by atoms with E-state index in [1.165, 1.54) is 7.05 Å². The zero-order valence-electron chi connectivity index (χ0n) is 15.8. The molecule has 12 heteroatoms. The molecule has 2 N–H and O–H groups in total. The van der Waals surface area contributed by atoms with Crippen LogP contribution in [-0.4, -0.2) is 74.6 Å². The fraction of sp³-hybridized carbons (Fsp3) is 0.562. The third-order valence-electron chi connectivity index (χ3n) is 3.97. The Labute approximate surface area is 167 Å². The van der Waals surface area contributed by atoms with Crippen LogP contribution in [0.2, 0.25) is 5.02 Å². The van der Waals surface area contributed by atoms with Gasteiger partial charge in [-0.3, -0.25) is 4.79 Å². The second kappa shape index (κ2) is 8.95. The number of alkyl halides is 3. The highest BCUT2D eigenvalue weighted by Crippen LogP contribution is 2.33. The van der Waals surface area contributed by atoms with Crippen LogP contribution >= 0.6 is 11.6 Å². The standard InChI is InChI=1S/C16H23ClF3N3O4S/c1-15(25,16(18,19)20)14(24)21-13-7-6-11(10-12(13)17)28(26,27)23(4)9-5-8-22(2)3/h6-7,10,25H,5,8-9H2,1-4H3,(H,21,24)/t15-/m1/s1. The first-order chi connectivity index (χ1) is 12.6. The van der Waals surface area contributed by atoms with Crippen molar-refractivity contribution in [1.82, 2.24) is 9.21 Å². The molecule has 0 aliphatic heterocycles. The van der Waals surface area contributed by atoms with Gasteiger partial charge in [-0.2, -0.15) is 13.2 Å². The zero-order chi connectivity index (χ0) is 21.9. The maximum atomic E-state index is 12.7. The maximum absolute atomic E-state index is 12.7. The van der Waals surface area contributed by atoms with Crippen molar-refractivity contribution < 1.29 is 31.5 Å². The van der Waals surface area contributed by atoms with Crippen molar-refractivity contribution in [3.05, 3.63) is 23.2 Å². The third-order valence-corrected chi connectivity index (χ3v) is 6.13. The molecule has 0 aliphatic rings. The summed E-state index contributed by atoms with van der Waals surface area (Å²) in [5.41, 5.74) is -3.89. The second-order valence-corrected chi connectivity index (χ2v) is 9.10. The summed E-state index contributed by atoms with van der Waals surface area (Å²) < 4.78 is 64.4. The van der Waals surface area contributed by atoms with Gasteiger partial charge in [-0.05, 0) is 52.2 Å². The van der Waals surface area contributed by atoms with Crippen LogP contribution in [0, 0.1) is 0 Å². The minimum atomic E-state index is -5.19. The average molecular weight is 446 g/mol. The van der Waals surface area contributed by atoms with Crippen molar-refractivity contribution in [2.75, 3.05) is 39.5 Å². The van der Waals surface area contributed by atoms with E-state index in [9.17, 15) is 31.5 Å². The lowest BCUT2D eigenvalue weighted by molar-refractivity contribution is -0.242. The Morgan fingerprint density at radius 2 is 1.79 bits per heavy atom. The molecule has 0 heterocycles. The summed E-state index contributed by atoms with van der Waals surface area (Å²) in [6, 6.07) is 3.20. The Hall–Kier alpha value is -1.40. The lowest BCUT2D eigenvalue weighted by Crippen LogP contribution is -2.52. The third kappa shape index (κ3) is 5.80. The highest BCUT2D eigenvalue weighted by Gasteiger charge is 2.55. The van der Waals surface area contributed by atoms with E-state index in [4.69, 9.17) is 11.6 Å². The SMILES string of the molecule is CN(C)CCCN(C)S(=O)(=O)c1ccc(NC(=O)[C@@](C)(O)C(F)(F)F)c(Cl)c1. The molecule has 7 nitrogen and oxygen atoms in total. The van der Waals surface area contributed by atoms with Gasteiger partial charge in [0.25, 0.3) is 5.91 Å². The van der Waals surface area contributed by atoms with Crippen molar-refractivity contribution in [2.45, 2.75) is 30.0 Å². The van der Waals surface area contributed by atoms with Gasteiger partial charge < -0.3 is 15.3 Å². The number of hydrogen-bond donors (Lipinski definition) is 2. The van der Waals surface area contributed by atoms with Crippen LogP contribution in [-0.2, 0) is 14.8 Å². The molecule has 1 atom stereocenters. The Balaban J connectivity index is 2.99. The van der Waals surface area contributed by atoms with Gasteiger partial charge in [0.2, 0.25) is 15.6 Å². The number of carbonyl (C=O) groups excluding carboxylic acids is 1. The van der Waals surface area contributed by atoms with Crippen molar-refractivity contribution in [3.8, 4) is 0 Å². The molecule has 1 rings (SSSR count). The molecule has 0 bridgehead atoms. The van der Waals surface area contributed by atoms with Crippen LogP contribution in [0.4, 0.5) is 18.9 Å². The molecule has 28 heavy (non-hydrogen) atoms. The highest BCUT2D eigenvalue weighted by molar-refractivity contribution is 7.89. The number of hydrogen-bond acceptors (Lipinski definition) is 5. The van der Waals surface area contributed by atoms with E-state index in [-0.39, 0.29) is 22.2 Å². The second-order valence-electron chi connectivity index (χ2n) is 6.65. The number of carbonyl (C=O) groups is 1. The quantitative estimate of drug-likeness (QED) is 0.640. The van der Waals surface area contributed by atoms with E-state index in [0.717, 1.165) is 22.5 Å². The summed E-state index contributed by atoms with van der Waals surface area (Å²) in [7, 11) is 1.25. The van der Waals surface area contributed by atoms with Gasteiger partial charge in [0.1, 0.15) is 0 Å². The number of anilines is 1. The minimum absolute atomic E-state index is 0.176. The number of halogens is 4. The first kappa shape index (κ1) is 24.6. The zero-order valence-corrected chi connectivity index (χ0v) is 17.4. The molecule has 1 amide bonds. The monoisotopic (exact) mass is 445 g/mol. The Morgan fingerprint density at radius 1 is 1.21 bits per heavy atom. The molecule has 0 radical (unpaired) electrons. The molecule has 1 aromatic rings. The highest BCUT2D eigenvalue weighted by atomic mass is 35.5. The Morgan fingerprint density at radius 3 is 2.25 bits per heavy atom. The number of rotatable bonds is 8. The van der Waals surface area contributed by atoms with Gasteiger partial charge in [-0.15, -0.1) is 0 Å². The van der Waals surface area contributed by atoms with Gasteiger partial charge in [-0.25, -0.2) is 12.7 Å². The molecule has 160 valence electrons. The number of nitrogens with zero attached hydrogens (tertiary/aromatic N) is 2. The topological polar surface area (TPSA) is 90.0 Å². The maximum Gasteiger partial charge on any atom is 0.426 e. The van der Waals surface area contributed by atoms with Crippen LogP contribution in [0.5, 0.6) is 0 Å². The first-order valence-corrected chi connectivity index (χ1v) is 9.93. The van der Waals surface area contributed by atoms with E-state index in [2.05, 4.69) is 0 Å². The largest absolute Gasteiger partial charge is 0.426 e. The van der Waals surface area contributed by atoms with E-state index in [1.807, 2.05) is 24.3 Å². The van der Waals surface area contributed by atoms with Crippen molar-refractivity contribution in [2.24, 2.45) is 0 Å². The smallest absolute Gasteiger partial charge is 0.373 e.